The molecule has 0 bridgehead atoms. The number of likely N-dealkylation sites (N-methyl/N-ethyl adjacent to an activating group) is 1. The molecule has 0 saturated carbocycles. The number of carbonyl (C=O) groups is 2. The van der Waals surface area contributed by atoms with E-state index in [1.807, 2.05) is 6.92 Å². The highest BCUT2D eigenvalue weighted by Gasteiger charge is 2.34. The summed E-state index contributed by atoms with van der Waals surface area (Å²) in [6.07, 6.45) is 0.282. The van der Waals surface area contributed by atoms with E-state index in [2.05, 4.69) is 5.32 Å². The van der Waals surface area contributed by atoms with Gasteiger partial charge in [-0.2, -0.15) is 0 Å². The molecule has 0 saturated heterocycles. The van der Waals surface area contributed by atoms with Crippen molar-refractivity contribution in [1.29, 1.82) is 0 Å². The van der Waals surface area contributed by atoms with Crippen molar-refractivity contribution in [2.45, 2.75) is 44.7 Å². The minimum atomic E-state index is -4.25. The van der Waals surface area contributed by atoms with Gasteiger partial charge in [0.1, 0.15) is 12.6 Å². The lowest BCUT2D eigenvalue weighted by molar-refractivity contribution is -0.140. The predicted octanol–water partition coefficient (Wildman–Crippen LogP) is 5.46. The van der Waals surface area contributed by atoms with Gasteiger partial charge in [0.2, 0.25) is 11.8 Å². The molecule has 3 aromatic rings. The summed E-state index contributed by atoms with van der Waals surface area (Å²) in [6, 6.07) is 14.9. The topological polar surface area (TPSA) is 105 Å². The van der Waals surface area contributed by atoms with E-state index >= 15 is 0 Å². The molecule has 9 nitrogen and oxygen atoms in total. The van der Waals surface area contributed by atoms with Crippen LogP contribution in [-0.2, 0) is 26.2 Å². The van der Waals surface area contributed by atoms with Gasteiger partial charge >= 0.3 is 0 Å². The first-order valence-electron chi connectivity index (χ1n) is 13.3. The zero-order valence-electron chi connectivity index (χ0n) is 24.2. The predicted molar refractivity (Wildman–Crippen MR) is 165 cm³/mol. The van der Waals surface area contributed by atoms with Gasteiger partial charge in [0, 0.05) is 29.2 Å². The van der Waals surface area contributed by atoms with E-state index in [0.717, 1.165) is 9.87 Å². The molecule has 12 heteroatoms. The molecule has 226 valence electrons. The van der Waals surface area contributed by atoms with Gasteiger partial charge in [-0.3, -0.25) is 13.9 Å². The summed E-state index contributed by atoms with van der Waals surface area (Å²) in [7, 11) is -1.35. The Balaban J connectivity index is 2.14. The maximum Gasteiger partial charge on any atom is 0.264 e. The quantitative estimate of drug-likeness (QED) is 0.267. The van der Waals surface area contributed by atoms with Crippen LogP contribution in [-0.4, -0.2) is 58.5 Å². The molecule has 0 aliphatic heterocycles. The van der Waals surface area contributed by atoms with Crippen molar-refractivity contribution in [3.05, 3.63) is 81.8 Å². The highest BCUT2D eigenvalue weighted by Crippen LogP contribution is 2.34. The second-order valence-electron chi connectivity index (χ2n) is 9.44. The fraction of sp³-hybridized carbons (Fsp3) is 0.333. The van der Waals surface area contributed by atoms with Gasteiger partial charge in [0.05, 0.1) is 24.8 Å². The number of rotatable bonds is 13. The molecule has 0 fully saturated rings. The summed E-state index contributed by atoms with van der Waals surface area (Å²) >= 11 is 12.5. The van der Waals surface area contributed by atoms with Gasteiger partial charge < -0.3 is 19.7 Å². The van der Waals surface area contributed by atoms with Gasteiger partial charge in [-0.05, 0) is 62.2 Å². The Hall–Kier alpha value is -3.47. The van der Waals surface area contributed by atoms with Crippen LogP contribution in [0.15, 0.2) is 65.6 Å². The van der Waals surface area contributed by atoms with Gasteiger partial charge in [-0.15, -0.1) is 0 Å². The van der Waals surface area contributed by atoms with Crippen LogP contribution in [0.1, 0.15) is 31.4 Å². The van der Waals surface area contributed by atoms with Crippen molar-refractivity contribution in [1.82, 2.24) is 10.2 Å². The molecular formula is C30H35Cl2N3O6S. The average Bonchev–Trinajstić information content (AvgIpc) is 2.96. The Morgan fingerprint density at radius 1 is 0.929 bits per heavy atom. The van der Waals surface area contributed by atoms with E-state index in [0.29, 0.717) is 27.9 Å². The summed E-state index contributed by atoms with van der Waals surface area (Å²) < 4.78 is 39.8. The number of amides is 2. The van der Waals surface area contributed by atoms with Crippen molar-refractivity contribution in [2.75, 3.05) is 31.6 Å². The van der Waals surface area contributed by atoms with Crippen LogP contribution in [0.2, 0.25) is 10.0 Å². The smallest absolute Gasteiger partial charge is 0.264 e. The van der Waals surface area contributed by atoms with E-state index in [4.69, 9.17) is 32.7 Å². The second kappa shape index (κ2) is 14.6. The first-order valence-corrected chi connectivity index (χ1v) is 15.5. The molecule has 2 amide bonds. The first-order chi connectivity index (χ1) is 20.0. The van der Waals surface area contributed by atoms with Crippen LogP contribution in [0.3, 0.4) is 0 Å². The lowest BCUT2D eigenvalue weighted by Gasteiger charge is -2.33. The van der Waals surface area contributed by atoms with Gasteiger partial charge in [0.15, 0.2) is 11.5 Å². The number of aryl methyl sites for hydroxylation is 1. The minimum absolute atomic E-state index is 0.00116. The van der Waals surface area contributed by atoms with E-state index < -0.39 is 28.5 Å². The highest BCUT2D eigenvalue weighted by molar-refractivity contribution is 7.92. The Labute approximate surface area is 257 Å². The van der Waals surface area contributed by atoms with Crippen LogP contribution in [0.5, 0.6) is 11.5 Å². The monoisotopic (exact) mass is 635 g/mol. The van der Waals surface area contributed by atoms with Crippen molar-refractivity contribution in [3.63, 3.8) is 0 Å². The average molecular weight is 637 g/mol. The number of hydrogen-bond acceptors (Lipinski definition) is 6. The van der Waals surface area contributed by atoms with Crippen molar-refractivity contribution >= 4 is 50.7 Å². The number of carbonyl (C=O) groups excluding carboxylic acids is 2. The molecule has 0 aliphatic carbocycles. The molecule has 0 aromatic heterocycles. The summed E-state index contributed by atoms with van der Waals surface area (Å²) in [5.74, 6) is -0.297. The highest BCUT2D eigenvalue weighted by atomic mass is 35.5. The third-order valence-electron chi connectivity index (χ3n) is 6.64. The van der Waals surface area contributed by atoms with Crippen LogP contribution >= 0.6 is 23.2 Å². The van der Waals surface area contributed by atoms with Crippen LogP contribution in [0.4, 0.5) is 5.69 Å². The lowest BCUT2D eigenvalue weighted by Crippen LogP contribution is -2.52. The Kier molecular flexibility index (Phi) is 11.5. The molecule has 0 aliphatic rings. The van der Waals surface area contributed by atoms with E-state index in [-0.39, 0.29) is 35.2 Å². The summed E-state index contributed by atoms with van der Waals surface area (Å²) in [4.78, 5) is 28.6. The molecule has 42 heavy (non-hydrogen) atoms. The number of nitrogens with zero attached hydrogens (tertiary/aromatic N) is 2. The maximum atomic E-state index is 14.1. The second-order valence-corrected chi connectivity index (χ2v) is 12.1. The lowest BCUT2D eigenvalue weighted by atomic mass is 10.1. The number of benzene rings is 3. The van der Waals surface area contributed by atoms with Crippen LogP contribution < -0.4 is 19.1 Å². The zero-order valence-corrected chi connectivity index (χ0v) is 26.5. The van der Waals surface area contributed by atoms with E-state index in [9.17, 15) is 18.0 Å². The van der Waals surface area contributed by atoms with Crippen molar-refractivity contribution in [2.24, 2.45) is 0 Å². The maximum absolute atomic E-state index is 14.1. The number of hydrogen-bond donors (Lipinski definition) is 1. The molecule has 0 unspecified atom stereocenters. The van der Waals surface area contributed by atoms with Crippen molar-refractivity contribution < 1.29 is 27.5 Å². The SMILES string of the molecule is CCNC(=O)[C@@H](CC)N(Cc1ccc(Cl)cc1Cl)C(=O)CN(c1ccc(OC)c(OC)c1)S(=O)(=O)c1ccc(C)cc1. The van der Waals surface area contributed by atoms with Crippen molar-refractivity contribution in [3.8, 4) is 11.5 Å². The van der Waals surface area contributed by atoms with E-state index in [1.54, 1.807) is 50.2 Å². The third-order valence-corrected chi connectivity index (χ3v) is 9.01. The Bertz CT molecular complexity index is 1520. The summed E-state index contributed by atoms with van der Waals surface area (Å²) in [5, 5.41) is 3.50. The number of anilines is 1. The fourth-order valence-corrected chi connectivity index (χ4v) is 6.27. The number of ether oxygens (including phenoxy) is 2. The molecule has 1 N–H and O–H groups in total. The largest absolute Gasteiger partial charge is 0.493 e. The van der Waals surface area contributed by atoms with Crippen LogP contribution in [0, 0.1) is 6.92 Å². The molecule has 0 spiro atoms. The summed E-state index contributed by atoms with van der Waals surface area (Å²) in [5.41, 5.74) is 1.61. The minimum Gasteiger partial charge on any atom is -0.493 e. The molecule has 1 atom stereocenters. The van der Waals surface area contributed by atoms with E-state index in [1.165, 1.54) is 43.4 Å². The normalized spacial score (nSPS) is 11.9. The number of nitrogens with one attached hydrogen (secondary N) is 1. The Morgan fingerprint density at radius 3 is 2.17 bits per heavy atom. The number of halogens is 2. The molecule has 0 heterocycles. The molecule has 3 aromatic carbocycles. The fourth-order valence-electron chi connectivity index (χ4n) is 4.39. The Morgan fingerprint density at radius 2 is 1.60 bits per heavy atom. The van der Waals surface area contributed by atoms with Gasteiger partial charge in [0.25, 0.3) is 10.0 Å². The van der Waals surface area contributed by atoms with Crippen LogP contribution in [0.25, 0.3) is 0 Å². The molecule has 0 radical (unpaired) electrons. The number of methoxy groups -OCH3 is 2. The zero-order chi connectivity index (χ0) is 31.0. The number of sulfonamides is 1. The first kappa shape index (κ1) is 33.0. The summed E-state index contributed by atoms with van der Waals surface area (Å²) in [6.45, 7) is 5.11. The van der Waals surface area contributed by atoms with Gasteiger partial charge in [-0.1, -0.05) is 53.9 Å². The van der Waals surface area contributed by atoms with Gasteiger partial charge in [-0.25, -0.2) is 8.42 Å². The molecular weight excluding hydrogens is 601 g/mol. The third kappa shape index (κ3) is 7.67. The standard InChI is InChI=1S/C30H35Cl2N3O6S/c1-6-26(30(37)33-7-2)34(18-21-10-11-22(31)16-25(21)32)29(36)19-35(23-12-15-27(40-4)28(17-23)41-5)42(38,39)24-13-8-20(3)9-14-24/h8-17,26H,6-7,18-19H2,1-5H3,(H,33,37)/t26-/m1/s1. The molecule has 3 rings (SSSR count).